The summed E-state index contributed by atoms with van der Waals surface area (Å²) in [5, 5.41) is 1.54. The van der Waals surface area contributed by atoms with Gasteiger partial charge in [0.15, 0.2) is 5.78 Å². The van der Waals surface area contributed by atoms with Gasteiger partial charge in [-0.25, -0.2) is 0 Å². The Bertz CT molecular complexity index is 974. The minimum atomic E-state index is 0.0206. The van der Waals surface area contributed by atoms with Crippen molar-refractivity contribution in [1.29, 1.82) is 0 Å². The summed E-state index contributed by atoms with van der Waals surface area (Å²) in [6.45, 7) is 7.60. The number of hydrogen-bond donors (Lipinski definition) is 0. The maximum Gasteiger partial charge on any atom is 0.162 e. The highest BCUT2D eigenvalue weighted by Crippen LogP contribution is 2.37. The molecule has 0 saturated carbocycles. The normalized spacial score (nSPS) is 10.9. The van der Waals surface area contributed by atoms with Crippen molar-refractivity contribution in [2.24, 2.45) is 0 Å². The number of ether oxygens (including phenoxy) is 1. The predicted molar refractivity (Wildman–Crippen MR) is 106 cm³/mol. The topological polar surface area (TPSA) is 31.2 Å². The third kappa shape index (κ3) is 3.24. The van der Waals surface area contributed by atoms with Gasteiger partial charge in [0.05, 0.1) is 9.99 Å². The van der Waals surface area contributed by atoms with Crippen LogP contribution in [0, 0.1) is 6.92 Å². The van der Waals surface area contributed by atoms with Gasteiger partial charge in [-0.05, 0) is 66.2 Å². The Kier molecular flexibility index (Phi) is 5.02. The van der Waals surface area contributed by atoms with E-state index in [4.69, 9.17) is 16.3 Å². The lowest BCUT2D eigenvalue weighted by atomic mass is 10.1. The summed E-state index contributed by atoms with van der Waals surface area (Å²) in [7, 11) is 0. The van der Waals surface area contributed by atoms with E-state index in [0.29, 0.717) is 22.9 Å². The van der Waals surface area contributed by atoms with Crippen LogP contribution in [0.15, 0.2) is 53.5 Å². The molecule has 0 aliphatic carbocycles. The predicted octanol–water partition coefficient (Wildman–Crippen LogP) is 6.12. The number of nitrogens with zero attached hydrogens (tertiary/aromatic N) is 1. The smallest absolute Gasteiger partial charge is 0.162 e. The lowest BCUT2D eigenvalue weighted by Gasteiger charge is -2.10. The molecule has 25 heavy (non-hydrogen) atoms. The van der Waals surface area contributed by atoms with Gasteiger partial charge in [-0.15, -0.1) is 0 Å². The Labute approximate surface area is 160 Å². The fraction of sp³-hybridized carbons (Fsp3) is 0.150. The molecule has 2 aromatic carbocycles. The largest absolute Gasteiger partial charge is 0.488 e. The van der Waals surface area contributed by atoms with Crippen LogP contribution in [-0.4, -0.2) is 17.0 Å². The molecule has 0 bridgehead atoms. The summed E-state index contributed by atoms with van der Waals surface area (Å²) < 4.78 is 8.58. The molecule has 0 saturated heterocycles. The van der Waals surface area contributed by atoms with Crippen molar-refractivity contribution >= 4 is 44.2 Å². The molecule has 0 radical (unpaired) electrons. The van der Waals surface area contributed by atoms with Crippen LogP contribution in [0.1, 0.15) is 23.0 Å². The molecule has 3 nitrogen and oxygen atoms in total. The Morgan fingerprint density at radius 3 is 2.60 bits per heavy atom. The molecule has 0 amide bonds. The fourth-order valence-electron chi connectivity index (χ4n) is 3.04. The van der Waals surface area contributed by atoms with E-state index in [1.807, 2.05) is 43.3 Å². The summed E-state index contributed by atoms with van der Waals surface area (Å²) in [6.07, 6.45) is 1.69. The van der Waals surface area contributed by atoms with E-state index in [1.165, 1.54) is 0 Å². The van der Waals surface area contributed by atoms with Crippen LogP contribution in [0.5, 0.6) is 5.75 Å². The molecular formula is C20H17BrClNO2. The van der Waals surface area contributed by atoms with E-state index < -0.39 is 0 Å². The first-order valence-corrected chi connectivity index (χ1v) is 8.96. The van der Waals surface area contributed by atoms with E-state index in [1.54, 1.807) is 13.0 Å². The van der Waals surface area contributed by atoms with Gasteiger partial charge in [0.2, 0.25) is 0 Å². The quantitative estimate of drug-likeness (QED) is 0.369. The van der Waals surface area contributed by atoms with Crippen molar-refractivity contribution in [2.75, 3.05) is 6.61 Å². The highest BCUT2D eigenvalue weighted by atomic mass is 79.9. The number of ketones is 1. The van der Waals surface area contributed by atoms with E-state index in [9.17, 15) is 4.79 Å². The molecule has 1 heterocycles. The summed E-state index contributed by atoms with van der Waals surface area (Å²) in [4.78, 5) is 12.3. The molecule has 0 fully saturated rings. The lowest BCUT2D eigenvalue weighted by molar-refractivity contribution is 0.101. The first-order chi connectivity index (χ1) is 11.9. The standard InChI is InChI=1S/C20H17BrClNO2/c1-4-9-25-19-10-16-18(11-17(19)21)23(12(2)20(16)13(3)24)15-7-5-14(22)6-8-15/h4-8,10-11H,1,9H2,2-3H3. The van der Waals surface area contributed by atoms with Gasteiger partial charge in [0, 0.05) is 27.4 Å². The zero-order chi connectivity index (χ0) is 18.1. The van der Waals surface area contributed by atoms with Crippen molar-refractivity contribution in [3.8, 4) is 11.4 Å². The van der Waals surface area contributed by atoms with E-state index in [0.717, 1.165) is 26.8 Å². The number of fused-ring (bicyclic) bond motifs is 1. The zero-order valence-electron chi connectivity index (χ0n) is 14.0. The molecule has 5 heteroatoms. The molecule has 3 rings (SSSR count). The molecular weight excluding hydrogens is 402 g/mol. The lowest BCUT2D eigenvalue weighted by Crippen LogP contribution is -1.99. The van der Waals surface area contributed by atoms with Crippen LogP contribution in [0.4, 0.5) is 0 Å². The Morgan fingerprint density at radius 1 is 1.32 bits per heavy atom. The van der Waals surface area contributed by atoms with Gasteiger partial charge >= 0.3 is 0 Å². The summed E-state index contributed by atoms with van der Waals surface area (Å²) in [5.41, 5.74) is 3.47. The third-order valence-electron chi connectivity index (χ3n) is 4.05. The van der Waals surface area contributed by atoms with Crippen LogP contribution in [0.3, 0.4) is 0 Å². The van der Waals surface area contributed by atoms with E-state index >= 15 is 0 Å². The minimum absolute atomic E-state index is 0.0206. The van der Waals surface area contributed by atoms with E-state index in [-0.39, 0.29) is 5.78 Å². The van der Waals surface area contributed by atoms with Gasteiger partial charge in [0.1, 0.15) is 12.4 Å². The molecule has 0 N–H and O–H groups in total. The molecule has 0 unspecified atom stereocenters. The fourth-order valence-corrected chi connectivity index (χ4v) is 3.61. The van der Waals surface area contributed by atoms with Crippen LogP contribution >= 0.6 is 27.5 Å². The molecule has 1 aromatic heterocycles. The number of carbonyl (C=O) groups is 1. The number of halogens is 2. The van der Waals surface area contributed by atoms with Crippen LogP contribution in [0.25, 0.3) is 16.6 Å². The number of carbonyl (C=O) groups excluding carboxylic acids is 1. The number of rotatable bonds is 5. The van der Waals surface area contributed by atoms with Gasteiger partial charge < -0.3 is 9.30 Å². The van der Waals surface area contributed by atoms with Gasteiger partial charge in [-0.1, -0.05) is 24.3 Å². The Morgan fingerprint density at radius 2 is 2.00 bits per heavy atom. The summed E-state index contributed by atoms with van der Waals surface area (Å²) in [6, 6.07) is 11.4. The summed E-state index contributed by atoms with van der Waals surface area (Å²) >= 11 is 9.57. The van der Waals surface area contributed by atoms with Gasteiger partial charge in [0.25, 0.3) is 0 Å². The first kappa shape index (κ1) is 17.8. The maximum absolute atomic E-state index is 12.3. The molecule has 0 aliphatic heterocycles. The SMILES string of the molecule is C=CCOc1cc2c(C(C)=O)c(C)n(-c3ccc(Cl)cc3)c2cc1Br. The molecule has 0 aliphatic rings. The van der Waals surface area contributed by atoms with Crippen molar-refractivity contribution in [3.05, 3.63) is 69.8 Å². The minimum Gasteiger partial charge on any atom is -0.488 e. The molecule has 0 atom stereocenters. The van der Waals surface area contributed by atoms with Crippen molar-refractivity contribution in [2.45, 2.75) is 13.8 Å². The Balaban J connectivity index is 2.32. The average molecular weight is 419 g/mol. The molecule has 0 spiro atoms. The number of aromatic nitrogens is 1. The molecule has 128 valence electrons. The maximum atomic E-state index is 12.3. The second kappa shape index (κ2) is 7.06. The van der Waals surface area contributed by atoms with Crippen LogP contribution in [0.2, 0.25) is 5.02 Å². The third-order valence-corrected chi connectivity index (χ3v) is 4.92. The number of hydrogen-bond acceptors (Lipinski definition) is 2. The van der Waals surface area contributed by atoms with Crippen LogP contribution < -0.4 is 4.74 Å². The van der Waals surface area contributed by atoms with Gasteiger partial charge in [-0.2, -0.15) is 0 Å². The Hall–Kier alpha value is -2.04. The second-order valence-corrected chi connectivity index (χ2v) is 7.02. The summed E-state index contributed by atoms with van der Waals surface area (Å²) in [5.74, 6) is 0.704. The highest BCUT2D eigenvalue weighted by molar-refractivity contribution is 9.10. The number of Topliss-reactive ketones (excluding diaryl/α,β-unsaturated/α-hetero) is 1. The van der Waals surface area contributed by atoms with E-state index in [2.05, 4.69) is 27.1 Å². The molecule has 3 aromatic rings. The van der Waals surface area contributed by atoms with Crippen molar-refractivity contribution in [1.82, 2.24) is 4.57 Å². The average Bonchev–Trinajstić information content (AvgIpc) is 2.84. The second-order valence-electron chi connectivity index (χ2n) is 5.73. The zero-order valence-corrected chi connectivity index (χ0v) is 16.3. The number of benzene rings is 2. The highest BCUT2D eigenvalue weighted by Gasteiger charge is 2.20. The van der Waals surface area contributed by atoms with Crippen LogP contribution in [-0.2, 0) is 0 Å². The first-order valence-electron chi connectivity index (χ1n) is 7.79. The van der Waals surface area contributed by atoms with Crippen molar-refractivity contribution in [3.63, 3.8) is 0 Å². The van der Waals surface area contributed by atoms with Crippen molar-refractivity contribution < 1.29 is 9.53 Å². The van der Waals surface area contributed by atoms with Gasteiger partial charge in [-0.3, -0.25) is 4.79 Å². The monoisotopic (exact) mass is 417 g/mol.